The van der Waals surface area contributed by atoms with Gasteiger partial charge in [0.2, 0.25) is 0 Å². The van der Waals surface area contributed by atoms with Crippen LogP contribution in [0.15, 0.2) is 18.2 Å². The summed E-state index contributed by atoms with van der Waals surface area (Å²) >= 11 is 5.69. The maximum atomic E-state index is 12.8. The highest BCUT2D eigenvalue weighted by Gasteiger charge is 2.42. The predicted octanol–water partition coefficient (Wildman–Crippen LogP) is 2.08. The Balaban J connectivity index is 0.000000531. The summed E-state index contributed by atoms with van der Waals surface area (Å²) in [5.74, 6) is -0.363. The van der Waals surface area contributed by atoms with Gasteiger partial charge < -0.3 is 10.8 Å². The minimum atomic E-state index is -0.363. The van der Waals surface area contributed by atoms with Crippen LogP contribution < -0.4 is 5.73 Å². The Morgan fingerprint density at radius 2 is 2.07 bits per heavy atom. The molecule has 1 aromatic carbocycles. The van der Waals surface area contributed by atoms with Crippen molar-refractivity contribution in [3.8, 4) is 0 Å². The summed E-state index contributed by atoms with van der Waals surface area (Å²) in [6.45, 7) is 0.620. The molecule has 1 aliphatic rings. The molecule has 1 aromatic rings. The van der Waals surface area contributed by atoms with E-state index in [0.29, 0.717) is 6.54 Å². The van der Waals surface area contributed by atoms with Crippen molar-refractivity contribution in [2.45, 2.75) is 18.3 Å². The van der Waals surface area contributed by atoms with E-state index in [2.05, 4.69) is 0 Å². The van der Waals surface area contributed by atoms with E-state index < -0.39 is 0 Å². The van der Waals surface area contributed by atoms with Crippen LogP contribution in [-0.4, -0.2) is 18.8 Å². The van der Waals surface area contributed by atoms with Crippen LogP contribution in [-0.2, 0) is 5.41 Å². The Morgan fingerprint density at radius 3 is 2.47 bits per heavy atom. The maximum absolute atomic E-state index is 12.8. The third kappa shape index (κ3) is 2.48. The van der Waals surface area contributed by atoms with Crippen molar-refractivity contribution in [1.29, 1.82) is 0 Å². The van der Waals surface area contributed by atoms with Gasteiger partial charge in [0.15, 0.2) is 0 Å². The molecule has 0 aromatic heterocycles. The molecule has 1 fully saturated rings. The molecule has 0 unspecified atom stereocenters. The van der Waals surface area contributed by atoms with Gasteiger partial charge in [-0.2, -0.15) is 0 Å². The van der Waals surface area contributed by atoms with Crippen LogP contribution in [0, 0.1) is 5.82 Å². The number of hydrogen-bond donors (Lipinski definition) is 2. The van der Waals surface area contributed by atoms with E-state index in [4.69, 9.17) is 22.4 Å². The average Bonchev–Trinajstić information content (AvgIpc) is 3.06. The molecule has 0 radical (unpaired) electrons. The number of hydrogen-bond acceptors (Lipinski definition) is 2. The van der Waals surface area contributed by atoms with Crippen LogP contribution in [0.2, 0.25) is 5.02 Å². The fourth-order valence-corrected chi connectivity index (χ4v) is 1.77. The second kappa shape index (κ2) is 4.92. The second-order valence-corrected chi connectivity index (χ2v) is 4.02. The van der Waals surface area contributed by atoms with E-state index in [1.807, 2.05) is 0 Å². The fraction of sp³-hybridized carbons (Fsp3) is 0.455. The van der Waals surface area contributed by atoms with Gasteiger partial charge in [-0.1, -0.05) is 17.7 Å². The average molecular weight is 232 g/mol. The van der Waals surface area contributed by atoms with E-state index in [1.54, 1.807) is 12.1 Å². The summed E-state index contributed by atoms with van der Waals surface area (Å²) in [4.78, 5) is 0. The van der Waals surface area contributed by atoms with E-state index >= 15 is 0 Å². The summed E-state index contributed by atoms with van der Waals surface area (Å²) in [5.41, 5.74) is 6.82. The lowest BCUT2D eigenvalue weighted by atomic mass is 9.96. The summed E-state index contributed by atoms with van der Waals surface area (Å²) in [5, 5.41) is 7.19. The summed E-state index contributed by atoms with van der Waals surface area (Å²) in [6.07, 6.45) is 2.18. The lowest BCUT2D eigenvalue weighted by Crippen LogP contribution is -2.19. The van der Waals surface area contributed by atoms with Crippen LogP contribution in [0.5, 0.6) is 0 Å². The number of nitrogens with two attached hydrogens (primary N) is 1. The molecule has 0 saturated heterocycles. The standard InChI is InChI=1S/C10H11ClFN.CH4O/c11-8-5-7(1-2-9(8)12)10(6-13)3-4-10;1-2/h1-2,5H,3-4,6,13H2;2H,1H3. The zero-order chi connectivity index (χ0) is 11.5. The second-order valence-electron chi connectivity index (χ2n) is 3.61. The largest absolute Gasteiger partial charge is 0.400 e. The van der Waals surface area contributed by atoms with Crippen LogP contribution in [0.1, 0.15) is 18.4 Å². The normalized spacial score (nSPS) is 16.6. The van der Waals surface area contributed by atoms with Gasteiger partial charge >= 0.3 is 0 Å². The number of rotatable bonds is 2. The smallest absolute Gasteiger partial charge is 0.141 e. The monoisotopic (exact) mass is 231 g/mol. The number of aliphatic hydroxyl groups excluding tert-OH is 1. The molecule has 2 nitrogen and oxygen atoms in total. The third-order valence-corrected chi connectivity index (χ3v) is 3.07. The van der Waals surface area contributed by atoms with Crippen molar-refractivity contribution < 1.29 is 9.50 Å². The first-order valence-corrected chi connectivity index (χ1v) is 5.16. The van der Waals surface area contributed by atoms with E-state index in [9.17, 15) is 4.39 Å². The Morgan fingerprint density at radius 1 is 1.47 bits per heavy atom. The number of benzene rings is 1. The minimum absolute atomic E-state index is 0.0946. The molecule has 84 valence electrons. The first-order chi connectivity index (χ1) is 7.18. The molecule has 1 aliphatic carbocycles. The molecular weight excluding hydrogens is 217 g/mol. The van der Waals surface area contributed by atoms with Crippen LogP contribution >= 0.6 is 11.6 Å². The topological polar surface area (TPSA) is 46.2 Å². The summed E-state index contributed by atoms with van der Waals surface area (Å²) in [6, 6.07) is 4.88. The first kappa shape index (κ1) is 12.4. The molecule has 0 heterocycles. The molecule has 3 N–H and O–H groups in total. The Bertz CT molecular complexity index is 339. The Kier molecular flexibility index (Phi) is 4.08. The molecule has 2 rings (SSSR count). The van der Waals surface area contributed by atoms with Crippen molar-refractivity contribution in [3.63, 3.8) is 0 Å². The van der Waals surface area contributed by atoms with Gasteiger partial charge in [-0.15, -0.1) is 0 Å². The summed E-state index contributed by atoms with van der Waals surface area (Å²) in [7, 11) is 1.00. The number of halogens is 2. The van der Waals surface area contributed by atoms with Crippen molar-refractivity contribution in [3.05, 3.63) is 34.6 Å². The van der Waals surface area contributed by atoms with Crippen molar-refractivity contribution >= 4 is 11.6 Å². The van der Waals surface area contributed by atoms with Gasteiger partial charge in [0, 0.05) is 19.1 Å². The quantitative estimate of drug-likeness (QED) is 0.819. The highest BCUT2D eigenvalue weighted by atomic mass is 35.5. The van der Waals surface area contributed by atoms with Gasteiger partial charge in [-0.3, -0.25) is 0 Å². The molecule has 0 aliphatic heterocycles. The van der Waals surface area contributed by atoms with Crippen molar-refractivity contribution in [2.75, 3.05) is 13.7 Å². The highest BCUT2D eigenvalue weighted by molar-refractivity contribution is 6.30. The van der Waals surface area contributed by atoms with Crippen molar-refractivity contribution in [1.82, 2.24) is 0 Å². The molecule has 15 heavy (non-hydrogen) atoms. The van der Waals surface area contributed by atoms with Crippen molar-refractivity contribution in [2.24, 2.45) is 5.73 Å². The van der Waals surface area contributed by atoms with Gasteiger partial charge in [0.05, 0.1) is 5.02 Å². The predicted molar refractivity (Wildman–Crippen MR) is 59.5 cm³/mol. The molecule has 4 heteroatoms. The molecule has 0 bridgehead atoms. The molecule has 1 saturated carbocycles. The Hall–Kier alpha value is -0.640. The molecule has 0 amide bonds. The van der Waals surface area contributed by atoms with Crippen LogP contribution in [0.4, 0.5) is 4.39 Å². The molecule has 0 atom stereocenters. The van der Waals surface area contributed by atoms with Crippen LogP contribution in [0.25, 0.3) is 0 Å². The minimum Gasteiger partial charge on any atom is -0.400 e. The first-order valence-electron chi connectivity index (χ1n) is 4.78. The van der Waals surface area contributed by atoms with E-state index in [-0.39, 0.29) is 16.3 Å². The van der Waals surface area contributed by atoms with Gasteiger partial charge in [0.1, 0.15) is 5.82 Å². The Labute approximate surface area is 93.9 Å². The third-order valence-electron chi connectivity index (χ3n) is 2.78. The lowest BCUT2D eigenvalue weighted by Gasteiger charge is -2.12. The van der Waals surface area contributed by atoms with E-state index in [1.165, 1.54) is 6.07 Å². The van der Waals surface area contributed by atoms with E-state index in [0.717, 1.165) is 25.5 Å². The number of aliphatic hydroxyl groups is 1. The zero-order valence-corrected chi connectivity index (χ0v) is 9.39. The molecule has 0 spiro atoms. The van der Waals surface area contributed by atoms with Gasteiger partial charge in [-0.05, 0) is 30.5 Å². The fourth-order valence-electron chi connectivity index (χ4n) is 1.59. The maximum Gasteiger partial charge on any atom is 0.141 e. The van der Waals surface area contributed by atoms with Crippen LogP contribution in [0.3, 0.4) is 0 Å². The lowest BCUT2D eigenvalue weighted by molar-refractivity contribution is 0.399. The zero-order valence-electron chi connectivity index (χ0n) is 8.63. The summed E-state index contributed by atoms with van der Waals surface area (Å²) < 4.78 is 12.8. The van der Waals surface area contributed by atoms with Gasteiger partial charge in [0.25, 0.3) is 0 Å². The van der Waals surface area contributed by atoms with Gasteiger partial charge in [-0.25, -0.2) is 4.39 Å². The SMILES string of the molecule is CO.NCC1(c2ccc(F)c(Cl)c2)CC1. The highest BCUT2D eigenvalue weighted by Crippen LogP contribution is 2.47. The molecular formula is C11H15ClFNO.